The summed E-state index contributed by atoms with van der Waals surface area (Å²) in [5.74, 6) is 1.97. The van der Waals surface area contributed by atoms with Crippen molar-refractivity contribution in [2.45, 2.75) is 32.2 Å². The van der Waals surface area contributed by atoms with E-state index in [1.54, 1.807) is 23.1 Å². The molecule has 2 fully saturated rings. The van der Waals surface area contributed by atoms with Gasteiger partial charge in [0.05, 0.1) is 17.9 Å². The number of anilines is 1. The summed E-state index contributed by atoms with van der Waals surface area (Å²) < 4.78 is 1.64. The molecule has 2 aromatic heterocycles. The van der Waals surface area contributed by atoms with Crippen LogP contribution in [0.15, 0.2) is 29.3 Å². The normalized spacial score (nSPS) is 18.3. The van der Waals surface area contributed by atoms with Crippen molar-refractivity contribution in [1.29, 1.82) is 0 Å². The van der Waals surface area contributed by atoms with Crippen molar-refractivity contribution in [3.8, 4) is 0 Å². The minimum absolute atomic E-state index is 0.00136. The fourth-order valence-electron chi connectivity index (χ4n) is 3.01. The first-order chi connectivity index (χ1) is 10.7. The Hall–Kier alpha value is -2.24. The van der Waals surface area contributed by atoms with Crippen LogP contribution in [0.3, 0.4) is 0 Å². The smallest absolute Gasteiger partial charge is 0.266 e. The van der Waals surface area contributed by atoms with E-state index in [0.717, 1.165) is 30.3 Å². The van der Waals surface area contributed by atoms with E-state index >= 15 is 0 Å². The third-order valence-corrected chi connectivity index (χ3v) is 4.43. The summed E-state index contributed by atoms with van der Waals surface area (Å²) in [5.41, 5.74) is 2.02. The van der Waals surface area contributed by atoms with Crippen molar-refractivity contribution in [2.75, 3.05) is 18.0 Å². The lowest BCUT2D eigenvalue weighted by Crippen LogP contribution is -2.50. The maximum Gasteiger partial charge on any atom is 0.266 e. The van der Waals surface area contributed by atoms with Crippen molar-refractivity contribution in [2.24, 2.45) is 5.92 Å². The molecule has 2 aromatic rings. The lowest BCUT2D eigenvalue weighted by atomic mass is 10.00. The minimum atomic E-state index is -0.00136. The van der Waals surface area contributed by atoms with Gasteiger partial charge in [0.2, 0.25) is 0 Å². The average Bonchev–Trinajstić information content (AvgIpc) is 3.30. The van der Waals surface area contributed by atoms with E-state index in [1.165, 1.54) is 12.8 Å². The maximum absolute atomic E-state index is 12.0. The number of aryl methyl sites for hydroxylation is 1. The number of aromatic nitrogens is 4. The summed E-state index contributed by atoms with van der Waals surface area (Å²) in [6.45, 7) is 4.47. The van der Waals surface area contributed by atoms with Gasteiger partial charge in [0.15, 0.2) is 0 Å². The summed E-state index contributed by atoms with van der Waals surface area (Å²) >= 11 is 0. The molecule has 1 aliphatic heterocycles. The van der Waals surface area contributed by atoms with Gasteiger partial charge in [0.1, 0.15) is 5.82 Å². The van der Waals surface area contributed by atoms with Crippen molar-refractivity contribution in [1.82, 2.24) is 19.7 Å². The van der Waals surface area contributed by atoms with Gasteiger partial charge in [-0.1, -0.05) is 0 Å². The highest BCUT2D eigenvalue weighted by Crippen LogP contribution is 2.38. The van der Waals surface area contributed by atoms with Crippen LogP contribution < -0.4 is 10.5 Å². The molecule has 6 nitrogen and oxygen atoms in total. The van der Waals surface area contributed by atoms with E-state index in [0.29, 0.717) is 18.4 Å². The molecule has 3 heterocycles. The van der Waals surface area contributed by atoms with Crippen LogP contribution >= 0.6 is 0 Å². The van der Waals surface area contributed by atoms with Crippen molar-refractivity contribution in [3.63, 3.8) is 0 Å². The fourth-order valence-corrected chi connectivity index (χ4v) is 3.01. The zero-order valence-corrected chi connectivity index (χ0v) is 12.6. The molecule has 0 atom stereocenters. The molecule has 1 aliphatic carbocycles. The second kappa shape index (κ2) is 5.19. The number of nitrogens with zero attached hydrogens (tertiary/aromatic N) is 5. The average molecular weight is 297 g/mol. The minimum Gasteiger partial charge on any atom is -0.354 e. The third kappa shape index (κ3) is 2.49. The highest BCUT2D eigenvalue weighted by molar-refractivity contribution is 5.44. The first-order valence-electron chi connectivity index (χ1n) is 7.81. The summed E-state index contributed by atoms with van der Waals surface area (Å²) in [5, 5.41) is 4.53. The van der Waals surface area contributed by atoms with Crippen LogP contribution in [0.4, 0.5) is 5.82 Å². The van der Waals surface area contributed by atoms with Crippen LogP contribution in [0, 0.1) is 12.8 Å². The lowest BCUT2D eigenvalue weighted by Gasteiger charge is -2.40. The molecule has 1 saturated heterocycles. The lowest BCUT2D eigenvalue weighted by molar-refractivity contribution is 0.330. The van der Waals surface area contributed by atoms with E-state index in [1.807, 2.05) is 13.0 Å². The predicted molar refractivity (Wildman–Crippen MR) is 82.9 cm³/mol. The molecular weight excluding hydrogens is 278 g/mol. The standard InChI is InChI=1S/C16H19N5O/c1-11-16(18-7-6-17-11)20-8-12(9-20)10-21-15(22)5-4-14(19-21)13-2-3-13/h4-7,12-13H,2-3,8-10H2,1H3. The molecule has 0 bridgehead atoms. The highest BCUT2D eigenvalue weighted by atomic mass is 16.1. The zero-order valence-electron chi connectivity index (χ0n) is 12.6. The molecule has 4 rings (SSSR count). The predicted octanol–water partition coefficient (Wildman–Crippen LogP) is 1.36. The number of hydrogen-bond acceptors (Lipinski definition) is 5. The summed E-state index contributed by atoms with van der Waals surface area (Å²) in [7, 11) is 0. The Bertz CT molecular complexity index is 746. The van der Waals surface area contributed by atoms with Crippen molar-refractivity contribution >= 4 is 5.82 Å². The van der Waals surface area contributed by atoms with Gasteiger partial charge >= 0.3 is 0 Å². The Kier molecular flexibility index (Phi) is 3.17. The largest absolute Gasteiger partial charge is 0.354 e. The quantitative estimate of drug-likeness (QED) is 0.852. The van der Waals surface area contributed by atoms with Gasteiger partial charge in [0.25, 0.3) is 5.56 Å². The summed E-state index contributed by atoms with van der Waals surface area (Å²) in [4.78, 5) is 22.8. The van der Waals surface area contributed by atoms with Crippen LogP contribution in [0.5, 0.6) is 0 Å². The van der Waals surface area contributed by atoms with Crippen LogP contribution in [0.2, 0.25) is 0 Å². The Balaban J connectivity index is 1.43. The summed E-state index contributed by atoms with van der Waals surface area (Å²) in [6, 6.07) is 3.54. The fraction of sp³-hybridized carbons (Fsp3) is 0.500. The molecule has 114 valence electrons. The SMILES string of the molecule is Cc1nccnc1N1CC(Cn2nc(C3CC3)ccc2=O)C1. The van der Waals surface area contributed by atoms with E-state index < -0.39 is 0 Å². The first-order valence-corrected chi connectivity index (χ1v) is 7.81. The van der Waals surface area contributed by atoms with Crippen molar-refractivity contribution in [3.05, 3.63) is 46.3 Å². The highest BCUT2D eigenvalue weighted by Gasteiger charge is 2.30. The molecule has 0 unspecified atom stereocenters. The molecule has 6 heteroatoms. The molecular formula is C16H19N5O. The van der Waals surface area contributed by atoms with Gasteiger partial charge in [0, 0.05) is 43.4 Å². The molecule has 0 amide bonds. The molecule has 0 radical (unpaired) electrons. The van der Waals surface area contributed by atoms with Crippen LogP contribution in [-0.4, -0.2) is 32.8 Å². The van der Waals surface area contributed by atoms with Gasteiger partial charge in [-0.15, -0.1) is 0 Å². The van der Waals surface area contributed by atoms with Crippen LogP contribution in [0.25, 0.3) is 0 Å². The van der Waals surface area contributed by atoms with Gasteiger partial charge in [-0.2, -0.15) is 5.10 Å². The van der Waals surface area contributed by atoms with Gasteiger partial charge in [-0.25, -0.2) is 9.67 Å². The molecule has 0 N–H and O–H groups in total. The third-order valence-electron chi connectivity index (χ3n) is 4.43. The zero-order chi connectivity index (χ0) is 15.1. The van der Waals surface area contributed by atoms with E-state index in [9.17, 15) is 4.79 Å². The van der Waals surface area contributed by atoms with Gasteiger partial charge in [-0.05, 0) is 25.8 Å². The molecule has 22 heavy (non-hydrogen) atoms. The first kappa shape index (κ1) is 13.4. The molecule has 1 saturated carbocycles. The topological polar surface area (TPSA) is 63.9 Å². The Labute approximate surface area is 128 Å². The number of hydrogen-bond donors (Lipinski definition) is 0. The van der Waals surface area contributed by atoms with E-state index in [-0.39, 0.29) is 5.56 Å². The van der Waals surface area contributed by atoms with Gasteiger partial charge < -0.3 is 4.90 Å². The maximum atomic E-state index is 12.0. The van der Waals surface area contributed by atoms with Crippen LogP contribution in [-0.2, 0) is 6.54 Å². The Morgan fingerprint density at radius 1 is 1.18 bits per heavy atom. The number of rotatable bonds is 4. The van der Waals surface area contributed by atoms with E-state index in [2.05, 4.69) is 20.0 Å². The second-order valence-electron chi connectivity index (χ2n) is 6.29. The summed E-state index contributed by atoms with van der Waals surface area (Å²) in [6.07, 6.45) is 5.84. The van der Waals surface area contributed by atoms with Crippen molar-refractivity contribution < 1.29 is 0 Å². The van der Waals surface area contributed by atoms with Crippen LogP contribution in [0.1, 0.15) is 30.1 Å². The Morgan fingerprint density at radius 3 is 2.68 bits per heavy atom. The second-order valence-corrected chi connectivity index (χ2v) is 6.29. The molecule has 2 aliphatic rings. The van der Waals surface area contributed by atoms with Gasteiger partial charge in [-0.3, -0.25) is 9.78 Å². The van der Waals surface area contributed by atoms with E-state index in [4.69, 9.17) is 0 Å². The Morgan fingerprint density at radius 2 is 1.95 bits per heavy atom. The molecule has 0 aromatic carbocycles. The molecule has 0 spiro atoms. The monoisotopic (exact) mass is 297 g/mol.